The van der Waals surface area contributed by atoms with Crippen molar-refractivity contribution in [3.05, 3.63) is 75.7 Å². The molecule has 1 heterocycles. The van der Waals surface area contributed by atoms with Gasteiger partial charge >= 0.3 is 0 Å². The van der Waals surface area contributed by atoms with Gasteiger partial charge in [-0.25, -0.2) is 5.10 Å². The lowest BCUT2D eigenvalue weighted by molar-refractivity contribution is -0.121. The molecule has 3 N–H and O–H groups in total. The predicted molar refractivity (Wildman–Crippen MR) is 97.5 cm³/mol. The molecule has 0 saturated carbocycles. The fraction of sp³-hybridized carbons (Fsp3) is 0.105. The van der Waals surface area contributed by atoms with Crippen molar-refractivity contribution in [1.82, 2.24) is 21.0 Å². The van der Waals surface area contributed by atoms with Gasteiger partial charge in [0.15, 0.2) is 5.69 Å². The average molecular weight is 361 g/mol. The minimum Gasteiger partial charge on any atom is -0.273 e. The number of amides is 2. The second-order valence-electron chi connectivity index (χ2n) is 5.76. The minimum atomic E-state index is -0.630. The lowest BCUT2D eigenvalue weighted by atomic mass is 10.1. The lowest BCUT2D eigenvalue weighted by Crippen LogP contribution is -2.42. The molecule has 0 atom stereocenters. The van der Waals surface area contributed by atoms with Crippen LogP contribution in [0.15, 0.2) is 53.3 Å². The summed E-state index contributed by atoms with van der Waals surface area (Å²) in [5.74, 6) is -1.00. The Labute approximate surface area is 153 Å². The smallest absolute Gasteiger partial charge is 0.273 e. The van der Waals surface area contributed by atoms with Gasteiger partial charge in [0, 0.05) is 11.8 Å². The molecule has 8 nitrogen and oxygen atoms in total. The van der Waals surface area contributed by atoms with E-state index in [9.17, 15) is 14.4 Å². The first kappa shape index (κ1) is 17.8. The van der Waals surface area contributed by atoms with Gasteiger partial charge in [0.05, 0.1) is 17.0 Å². The summed E-state index contributed by atoms with van der Waals surface area (Å²) in [6.07, 6.45) is 0.624. The number of hydrogen-bond donors (Lipinski definition) is 3. The van der Waals surface area contributed by atoms with Crippen LogP contribution in [0.25, 0.3) is 10.8 Å². The number of fused-ring (bicyclic) bond motifs is 1. The van der Waals surface area contributed by atoms with Crippen molar-refractivity contribution in [2.24, 2.45) is 0 Å². The van der Waals surface area contributed by atoms with Gasteiger partial charge in [-0.2, -0.15) is 10.4 Å². The number of carbonyl (C=O) groups excluding carboxylic acids is 2. The molecule has 2 aromatic carbocycles. The molecule has 0 aliphatic carbocycles. The molecule has 134 valence electrons. The molecule has 0 fully saturated rings. The van der Waals surface area contributed by atoms with Gasteiger partial charge in [-0.05, 0) is 30.2 Å². The number of nitrogens with one attached hydrogen (secondary N) is 3. The fourth-order valence-electron chi connectivity index (χ4n) is 2.54. The van der Waals surface area contributed by atoms with Crippen LogP contribution in [0.3, 0.4) is 0 Å². The number of H-pyrrole nitrogens is 1. The van der Waals surface area contributed by atoms with Gasteiger partial charge in [0.1, 0.15) is 0 Å². The van der Waals surface area contributed by atoms with Gasteiger partial charge in [0.2, 0.25) is 5.91 Å². The summed E-state index contributed by atoms with van der Waals surface area (Å²) in [5.41, 5.74) is 5.70. The third-order valence-electron chi connectivity index (χ3n) is 3.95. The number of aromatic nitrogens is 2. The van der Waals surface area contributed by atoms with Crippen LogP contribution in [0, 0.1) is 11.3 Å². The number of benzene rings is 2. The Morgan fingerprint density at radius 1 is 1.04 bits per heavy atom. The first-order chi connectivity index (χ1) is 13.1. The average Bonchev–Trinajstić information content (AvgIpc) is 2.71. The van der Waals surface area contributed by atoms with Crippen molar-refractivity contribution in [3.63, 3.8) is 0 Å². The topological polar surface area (TPSA) is 128 Å². The summed E-state index contributed by atoms with van der Waals surface area (Å²) in [6.45, 7) is 0. The molecule has 0 saturated heterocycles. The van der Waals surface area contributed by atoms with E-state index in [1.807, 2.05) is 6.07 Å². The van der Waals surface area contributed by atoms with Crippen LogP contribution in [-0.4, -0.2) is 22.0 Å². The van der Waals surface area contributed by atoms with E-state index in [1.165, 1.54) is 0 Å². The molecular weight excluding hydrogens is 346 g/mol. The van der Waals surface area contributed by atoms with Crippen molar-refractivity contribution in [2.45, 2.75) is 12.8 Å². The lowest BCUT2D eigenvalue weighted by Gasteiger charge is -2.08. The highest BCUT2D eigenvalue weighted by molar-refractivity contribution is 6.05. The van der Waals surface area contributed by atoms with E-state index in [-0.39, 0.29) is 18.0 Å². The Morgan fingerprint density at radius 3 is 2.44 bits per heavy atom. The summed E-state index contributed by atoms with van der Waals surface area (Å²) in [6, 6.07) is 15.5. The standard InChI is InChI=1S/C19H15N5O3/c20-11-13-7-5-12(6-8-13)9-10-16(25)21-24-19(27)17-14-3-1-2-4-15(14)18(26)23-22-17/h1-8H,9-10H2,(H,21,25)(H,23,26)(H,24,27). The van der Waals surface area contributed by atoms with Crippen molar-refractivity contribution in [3.8, 4) is 6.07 Å². The Bertz CT molecular complexity index is 1100. The third kappa shape index (κ3) is 4.16. The van der Waals surface area contributed by atoms with E-state index in [4.69, 9.17) is 5.26 Å². The van der Waals surface area contributed by atoms with E-state index < -0.39 is 11.5 Å². The van der Waals surface area contributed by atoms with Crippen LogP contribution in [-0.2, 0) is 11.2 Å². The van der Waals surface area contributed by atoms with Gasteiger partial charge in [-0.15, -0.1) is 0 Å². The predicted octanol–water partition coefficient (Wildman–Crippen LogP) is 1.19. The molecular formula is C19H15N5O3. The van der Waals surface area contributed by atoms with Gasteiger partial charge < -0.3 is 0 Å². The van der Waals surface area contributed by atoms with E-state index in [0.717, 1.165) is 5.56 Å². The van der Waals surface area contributed by atoms with Crippen LogP contribution in [0.5, 0.6) is 0 Å². The Balaban J connectivity index is 1.59. The summed E-state index contributed by atoms with van der Waals surface area (Å²) < 4.78 is 0. The maximum Gasteiger partial charge on any atom is 0.290 e. The Morgan fingerprint density at radius 2 is 1.74 bits per heavy atom. The molecule has 8 heteroatoms. The monoisotopic (exact) mass is 361 g/mol. The third-order valence-corrected chi connectivity index (χ3v) is 3.95. The number of nitrogens with zero attached hydrogens (tertiary/aromatic N) is 2. The molecule has 3 rings (SSSR count). The highest BCUT2D eigenvalue weighted by Crippen LogP contribution is 2.11. The van der Waals surface area contributed by atoms with Crippen LogP contribution < -0.4 is 16.4 Å². The Kier molecular flexibility index (Phi) is 5.23. The van der Waals surface area contributed by atoms with E-state index >= 15 is 0 Å². The molecule has 0 bridgehead atoms. The van der Waals surface area contributed by atoms with Crippen LogP contribution in [0.1, 0.15) is 28.0 Å². The number of nitriles is 1. The van der Waals surface area contributed by atoms with E-state index in [1.54, 1.807) is 48.5 Å². The van der Waals surface area contributed by atoms with Crippen molar-refractivity contribution < 1.29 is 9.59 Å². The number of aryl methyl sites for hydroxylation is 1. The maximum absolute atomic E-state index is 12.3. The van der Waals surface area contributed by atoms with Crippen LogP contribution in [0.4, 0.5) is 0 Å². The SMILES string of the molecule is N#Cc1ccc(CCC(=O)NNC(=O)c2n[nH]c(=O)c3ccccc23)cc1. The molecule has 0 spiro atoms. The number of carbonyl (C=O) groups is 2. The summed E-state index contributed by atoms with van der Waals surface area (Å²) in [5, 5.41) is 15.5. The van der Waals surface area contributed by atoms with Crippen molar-refractivity contribution in [1.29, 1.82) is 5.26 Å². The largest absolute Gasteiger partial charge is 0.290 e. The summed E-state index contributed by atoms with van der Waals surface area (Å²) in [7, 11) is 0. The number of hydrogen-bond acceptors (Lipinski definition) is 5. The second-order valence-corrected chi connectivity index (χ2v) is 5.76. The minimum absolute atomic E-state index is 0.0117. The van der Waals surface area contributed by atoms with E-state index in [0.29, 0.717) is 22.8 Å². The molecule has 0 aliphatic rings. The van der Waals surface area contributed by atoms with E-state index in [2.05, 4.69) is 21.0 Å². The summed E-state index contributed by atoms with van der Waals surface area (Å²) in [4.78, 5) is 36.0. The first-order valence-corrected chi connectivity index (χ1v) is 8.14. The zero-order valence-electron chi connectivity index (χ0n) is 14.2. The number of hydrazine groups is 1. The van der Waals surface area contributed by atoms with Gasteiger partial charge in [0.25, 0.3) is 11.5 Å². The van der Waals surface area contributed by atoms with Crippen molar-refractivity contribution in [2.75, 3.05) is 0 Å². The fourth-order valence-corrected chi connectivity index (χ4v) is 2.54. The normalized spacial score (nSPS) is 10.2. The Hall–Kier alpha value is -3.99. The second kappa shape index (κ2) is 7.93. The molecule has 27 heavy (non-hydrogen) atoms. The summed E-state index contributed by atoms with van der Waals surface area (Å²) >= 11 is 0. The number of aromatic amines is 1. The highest BCUT2D eigenvalue weighted by atomic mass is 16.2. The maximum atomic E-state index is 12.3. The molecule has 2 amide bonds. The molecule has 0 unspecified atom stereocenters. The van der Waals surface area contributed by atoms with Crippen LogP contribution in [0.2, 0.25) is 0 Å². The quantitative estimate of drug-likeness (QED) is 0.601. The zero-order chi connectivity index (χ0) is 19.2. The first-order valence-electron chi connectivity index (χ1n) is 8.14. The zero-order valence-corrected chi connectivity index (χ0v) is 14.2. The molecule has 0 radical (unpaired) electrons. The van der Waals surface area contributed by atoms with Crippen LogP contribution >= 0.6 is 0 Å². The molecule has 1 aromatic heterocycles. The van der Waals surface area contributed by atoms with Gasteiger partial charge in [-0.1, -0.05) is 30.3 Å². The molecule has 3 aromatic rings. The highest BCUT2D eigenvalue weighted by Gasteiger charge is 2.14. The molecule has 0 aliphatic heterocycles. The number of rotatable bonds is 4. The van der Waals surface area contributed by atoms with Gasteiger partial charge in [-0.3, -0.25) is 25.2 Å². The van der Waals surface area contributed by atoms with Crippen molar-refractivity contribution >= 4 is 22.6 Å².